The molecule has 2 heterocycles. The van der Waals surface area contributed by atoms with E-state index in [2.05, 4.69) is 15.1 Å². The van der Waals surface area contributed by atoms with Crippen LogP contribution in [-0.2, 0) is 22.3 Å². The number of morpholine rings is 1. The summed E-state index contributed by atoms with van der Waals surface area (Å²) in [6.07, 6.45) is -4.40. The van der Waals surface area contributed by atoms with Crippen molar-refractivity contribution in [2.75, 3.05) is 19.8 Å². The molecule has 0 unspecified atom stereocenters. The average Bonchev–Trinajstić information content (AvgIpc) is 2.79. The van der Waals surface area contributed by atoms with E-state index >= 15 is 0 Å². The van der Waals surface area contributed by atoms with Crippen molar-refractivity contribution < 1.29 is 27.1 Å². The number of carbonyl (C=O) groups excluding carboxylic acids is 1. The SMILES string of the molecule is Cc1cc(CNC(=O)C[C@H]2COCCN2)c(C(F)(F)F)o1. The van der Waals surface area contributed by atoms with E-state index in [4.69, 9.17) is 4.74 Å². The number of aryl methyl sites for hydroxylation is 1. The number of alkyl halides is 3. The molecule has 5 nitrogen and oxygen atoms in total. The van der Waals surface area contributed by atoms with Crippen LogP contribution in [0.15, 0.2) is 10.5 Å². The van der Waals surface area contributed by atoms with E-state index in [1.54, 1.807) is 0 Å². The van der Waals surface area contributed by atoms with Gasteiger partial charge in [0, 0.05) is 31.1 Å². The van der Waals surface area contributed by atoms with Crippen LogP contribution in [0, 0.1) is 6.92 Å². The van der Waals surface area contributed by atoms with Crippen LogP contribution in [0.5, 0.6) is 0 Å². The van der Waals surface area contributed by atoms with Crippen molar-refractivity contribution in [3.8, 4) is 0 Å². The quantitative estimate of drug-likeness (QED) is 0.887. The fourth-order valence-corrected chi connectivity index (χ4v) is 2.18. The maximum absolute atomic E-state index is 12.7. The maximum atomic E-state index is 12.7. The molecule has 1 fully saturated rings. The Labute approximate surface area is 119 Å². The maximum Gasteiger partial charge on any atom is 0.449 e. The highest BCUT2D eigenvalue weighted by Crippen LogP contribution is 2.33. The fourth-order valence-electron chi connectivity index (χ4n) is 2.18. The van der Waals surface area contributed by atoms with Crippen molar-refractivity contribution in [2.45, 2.75) is 32.1 Å². The molecule has 21 heavy (non-hydrogen) atoms. The van der Waals surface area contributed by atoms with Crippen LogP contribution in [0.25, 0.3) is 0 Å². The van der Waals surface area contributed by atoms with Crippen LogP contribution in [0.3, 0.4) is 0 Å². The van der Waals surface area contributed by atoms with Crippen LogP contribution < -0.4 is 10.6 Å². The fraction of sp³-hybridized carbons (Fsp3) is 0.615. The molecule has 2 N–H and O–H groups in total. The van der Waals surface area contributed by atoms with Gasteiger partial charge in [-0.25, -0.2) is 0 Å². The number of rotatable bonds is 4. The molecule has 0 spiro atoms. The number of furan rings is 1. The van der Waals surface area contributed by atoms with E-state index in [0.717, 1.165) is 0 Å². The molecule has 0 bridgehead atoms. The summed E-state index contributed by atoms with van der Waals surface area (Å²) in [6.45, 7) is 2.91. The summed E-state index contributed by atoms with van der Waals surface area (Å²) in [7, 11) is 0. The van der Waals surface area contributed by atoms with Crippen molar-refractivity contribution in [3.63, 3.8) is 0 Å². The third-order valence-electron chi connectivity index (χ3n) is 3.10. The van der Waals surface area contributed by atoms with Crippen molar-refractivity contribution >= 4 is 5.91 Å². The number of amides is 1. The van der Waals surface area contributed by atoms with Crippen molar-refractivity contribution in [1.82, 2.24) is 10.6 Å². The van der Waals surface area contributed by atoms with Gasteiger partial charge in [0.1, 0.15) is 5.76 Å². The summed E-state index contributed by atoms with van der Waals surface area (Å²) >= 11 is 0. The molecule has 0 aromatic carbocycles. The zero-order chi connectivity index (χ0) is 15.5. The summed E-state index contributed by atoms with van der Waals surface area (Å²) in [4.78, 5) is 11.7. The summed E-state index contributed by atoms with van der Waals surface area (Å²) in [5.74, 6) is -1.22. The number of hydrogen-bond donors (Lipinski definition) is 2. The summed E-state index contributed by atoms with van der Waals surface area (Å²) < 4.78 is 48.0. The number of ether oxygens (including phenoxy) is 1. The molecule has 1 aliphatic heterocycles. The predicted molar refractivity (Wildman–Crippen MR) is 67.5 cm³/mol. The highest BCUT2D eigenvalue weighted by molar-refractivity contribution is 5.76. The molecule has 1 aromatic heterocycles. The van der Waals surface area contributed by atoms with Gasteiger partial charge in [0.25, 0.3) is 0 Å². The highest BCUT2D eigenvalue weighted by Gasteiger charge is 2.38. The largest absolute Gasteiger partial charge is 0.456 e. The molecule has 2 rings (SSSR count). The van der Waals surface area contributed by atoms with E-state index in [-0.39, 0.29) is 36.2 Å². The third kappa shape index (κ3) is 4.47. The molecule has 8 heteroatoms. The normalized spacial score (nSPS) is 19.5. The van der Waals surface area contributed by atoms with Gasteiger partial charge in [-0.3, -0.25) is 4.79 Å². The van der Waals surface area contributed by atoms with E-state index < -0.39 is 11.9 Å². The first kappa shape index (κ1) is 15.8. The second kappa shape index (κ2) is 6.48. The molecular weight excluding hydrogens is 289 g/mol. The Bertz CT molecular complexity index is 493. The smallest absolute Gasteiger partial charge is 0.449 e. The summed E-state index contributed by atoms with van der Waals surface area (Å²) in [5, 5.41) is 5.58. The summed E-state index contributed by atoms with van der Waals surface area (Å²) in [6, 6.07) is 1.18. The second-order valence-corrected chi connectivity index (χ2v) is 4.92. The van der Waals surface area contributed by atoms with Crippen LogP contribution in [0.1, 0.15) is 23.5 Å². The van der Waals surface area contributed by atoms with Gasteiger partial charge >= 0.3 is 6.18 Å². The Morgan fingerprint density at radius 3 is 2.90 bits per heavy atom. The number of nitrogens with one attached hydrogen (secondary N) is 2. The lowest BCUT2D eigenvalue weighted by molar-refractivity contribution is -0.154. The molecule has 0 radical (unpaired) electrons. The van der Waals surface area contributed by atoms with Gasteiger partial charge in [-0.1, -0.05) is 0 Å². The summed E-state index contributed by atoms with van der Waals surface area (Å²) in [5.41, 5.74) is -0.0683. The van der Waals surface area contributed by atoms with Crippen molar-refractivity contribution in [2.24, 2.45) is 0 Å². The minimum absolute atomic E-state index is 0.0683. The minimum atomic E-state index is -4.56. The Balaban J connectivity index is 1.89. The second-order valence-electron chi connectivity index (χ2n) is 4.92. The van der Waals surface area contributed by atoms with Gasteiger partial charge in [-0.2, -0.15) is 13.2 Å². The van der Waals surface area contributed by atoms with Gasteiger partial charge in [-0.15, -0.1) is 0 Å². The Morgan fingerprint density at radius 2 is 2.29 bits per heavy atom. The predicted octanol–water partition coefficient (Wildman–Crippen LogP) is 1.60. The Morgan fingerprint density at radius 1 is 1.52 bits per heavy atom. The highest BCUT2D eigenvalue weighted by atomic mass is 19.4. The molecule has 1 atom stereocenters. The molecule has 1 amide bonds. The molecular formula is C13H17F3N2O3. The zero-order valence-electron chi connectivity index (χ0n) is 11.5. The standard InChI is InChI=1S/C13H17F3N2O3/c1-8-4-9(12(21-8)13(14,15)16)6-18-11(19)5-10-7-20-3-2-17-10/h4,10,17H,2-3,5-7H2,1H3,(H,18,19)/t10-/m0/s1. The van der Waals surface area contributed by atoms with Crippen molar-refractivity contribution in [3.05, 3.63) is 23.2 Å². The number of carbonyl (C=O) groups is 1. The van der Waals surface area contributed by atoms with Crippen LogP contribution in [0.2, 0.25) is 0 Å². The van der Waals surface area contributed by atoms with Gasteiger partial charge in [0.05, 0.1) is 13.2 Å². The lowest BCUT2D eigenvalue weighted by Crippen LogP contribution is -2.44. The van der Waals surface area contributed by atoms with Crippen LogP contribution in [0.4, 0.5) is 13.2 Å². The molecule has 1 aliphatic rings. The van der Waals surface area contributed by atoms with Crippen LogP contribution >= 0.6 is 0 Å². The average molecular weight is 306 g/mol. The molecule has 118 valence electrons. The van der Waals surface area contributed by atoms with Gasteiger partial charge in [0.15, 0.2) is 0 Å². The lowest BCUT2D eigenvalue weighted by atomic mass is 10.2. The minimum Gasteiger partial charge on any atom is -0.456 e. The number of hydrogen-bond acceptors (Lipinski definition) is 4. The molecule has 1 saturated heterocycles. The van der Waals surface area contributed by atoms with E-state index in [9.17, 15) is 18.0 Å². The van der Waals surface area contributed by atoms with E-state index in [0.29, 0.717) is 19.8 Å². The van der Waals surface area contributed by atoms with Gasteiger partial charge < -0.3 is 19.8 Å². The first-order valence-corrected chi connectivity index (χ1v) is 6.60. The van der Waals surface area contributed by atoms with E-state index in [1.807, 2.05) is 0 Å². The monoisotopic (exact) mass is 306 g/mol. The molecule has 0 saturated carbocycles. The van der Waals surface area contributed by atoms with Gasteiger partial charge in [0.2, 0.25) is 11.7 Å². The van der Waals surface area contributed by atoms with Crippen molar-refractivity contribution in [1.29, 1.82) is 0 Å². The first-order valence-electron chi connectivity index (χ1n) is 6.60. The molecule has 1 aromatic rings. The first-order chi connectivity index (χ1) is 9.86. The Hall–Kier alpha value is -1.54. The van der Waals surface area contributed by atoms with Crippen LogP contribution in [-0.4, -0.2) is 31.7 Å². The third-order valence-corrected chi connectivity index (χ3v) is 3.10. The number of halogens is 3. The lowest BCUT2D eigenvalue weighted by Gasteiger charge is -2.23. The topological polar surface area (TPSA) is 63.5 Å². The molecule has 0 aliphatic carbocycles. The van der Waals surface area contributed by atoms with E-state index in [1.165, 1.54) is 13.0 Å². The Kier molecular flexibility index (Phi) is 4.89. The van der Waals surface area contributed by atoms with Gasteiger partial charge in [-0.05, 0) is 13.0 Å². The zero-order valence-corrected chi connectivity index (χ0v) is 11.5.